The van der Waals surface area contributed by atoms with Crippen molar-refractivity contribution in [3.63, 3.8) is 0 Å². The number of aromatic amines is 1. The molecule has 0 saturated carbocycles. The number of aromatic hydroxyl groups is 1. The van der Waals surface area contributed by atoms with Gasteiger partial charge in [-0.05, 0) is 18.9 Å². The minimum atomic E-state index is -3.79. The van der Waals surface area contributed by atoms with Crippen LogP contribution in [0.5, 0.6) is 5.88 Å². The zero-order valence-electron chi connectivity index (χ0n) is 13.3. The van der Waals surface area contributed by atoms with Crippen molar-refractivity contribution in [2.45, 2.75) is 30.4 Å². The van der Waals surface area contributed by atoms with E-state index in [1.165, 1.54) is 6.33 Å². The molecular weight excluding hydrogens is 352 g/mol. The van der Waals surface area contributed by atoms with Crippen molar-refractivity contribution in [3.05, 3.63) is 22.7 Å². The molecule has 1 unspecified atom stereocenters. The van der Waals surface area contributed by atoms with E-state index in [1.54, 1.807) is 0 Å². The average molecular weight is 368 g/mol. The smallest absolute Gasteiger partial charge is 0.281 e. The average Bonchev–Trinajstić information content (AvgIpc) is 3.23. The summed E-state index contributed by atoms with van der Waals surface area (Å²) in [5, 5.41) is 23.7. The summed E-state index contributed by atoms with van der Waals surface area (Å²) in [6.07, 6.45) is 3.41. The van der Waals surface area contributed by atoms with Crippen LogP contribution in [-0.4, -0.2) is 52.2 Å². The lowest BCUT2D eigenvalue weighted by atomic mass is 10.2. The van der Waals surface area contributed by atoms with E-state index in [1.807, 2.05) is 0 Å². The lowest BCUT2D eigenvalue weighted by Gasteiger charge is -2.15. The Morgan fingerprint density at radius 2 is 2.28 bits per heavy atom. The van der Waals surface area contributed by atoms with E-state index in [0.29, 0.717) is 13.0 Å². The van der Waals surface area contributed by atoms with Crippen molar-refractivity contribution >= 4 is 21.5 Å². The summed E-state index contributed by atoms with van der Waals surface area (Å²) < 4.78 is 30.3. The van der Waals surface area contributed by atoms with E-state index >= 15 is 0 Å². The van der Waals surface area contributed by atoms with E-state index in [0.717, 1.165) is 23.3 Å². The topological polar surface area (TPSA) is 152 Å². The maximum Gasteiger partial charge on any atom is 0.281 e. The second-order valence-corrected chi connectivity index (χ2v) is 7.53. The fourth-order valence-corrected chi connectivity index (χ4v) is 3.24. The number of rotatable bonds is 5. The van der Waals surface area contributed by atoms with Crippen LogP contribution in [0.3, 0.4) is 0 Å². The van der Waals surface area contributed by atoms with Gasteiger partial charge in [0, 0.05) is 12.9 Å². The van der Waals surface area contributed by atoms with E-state index in [-0.39, 0.29) is 24.3 Å². The Hall–Kier alpha value is -2.60. The van der Waals surface area contributed by atoms with E-state index in [4.69, 9.17) is 4.74 Å². The first-order valence-electron chi connectivity index (χ1n) is 7.42. The van der Waals surface area contributed by atoms with Gasteiger partial charge in [0.05, 0.1) is 12.6 Å². The molecule has 11 nitrogen and oxygen atoms in total. The normalized spacial score (nSPS) is 18.2. The Balaban J connectivity index is 2.09. The first-order valence-corrected chi connectivity index (χ1v) is 9.31. The third-order valence-corrected chi connectivity index (χ3v) is 4.77. The molecule has 3 rings (SSSR count). The highest BCUT2D eigenvalue weighted by atomic mass is 32.2. The number of pyridine rings is 1. The second-order valence-electron chi connectivity index (χ2n) is 5.55. The largest absolute Gasteiger partial charge is 0.493 e. The summed E-state index contributed by atoms with van der Waals surface area (Å²) in [6, 6.07) is 0.985. The minimum Gasteiger partial charge on any atom is -0.493 e. The molecule has 2 N–H and O–H groups in total. The molecule has 25 heavy (non-hydrogen) atoms. The third kappa shape index (κ3) is 3.74. The number of aromatic nitrogens is 4. The van der Waals surface area contributed by atoms with Gasteiger partial charge in [-0.1, -0.05) is 0 Å². The van der Waals surface area contributed by atoms with Gasteiger partial charge in [-0.25, -0.2) is 13.5 Å². The molecule has 12 heteroatoms. The standard InChI is InChI=1S/C13H16N6O5S/c1-25(22,23)10-5-9(16-18-13-14-7-15-17-13)11(20)19(12(10)21)6-8-3-2-4-24-8/h5,7-8,21H,2-4,6H2,1H3,(H,14,15,17). The Bertz CT molecular complexity index is 944. The molecule has 2 aromatic heterocycles. The maximum absolute atomic E-state index is 12.6. The molecule has 3 heterocycles. The van der Waals surface area contributed by atoms with Crippen LogP contribution in [0.25, 0.3) is 0 Å². The SMILES string of the molecule is CS(=O)(=O)c1cc(N=Nc2ncn[nH]2)c(=O)n(CC2CCCO2)c1O. The number of sulfone groups is 1. The Morgan fingerprint density at radius 1 is 1.48 bits per heavy atom. The van der Waals surface area contributed by atoms with Crippen LogP contribution in [-0.2, 0) is 21.1 Å². The molecule has 1 saturated heterocycles. The molecule has 0 aliphatic carbocycles. The molecule has 0 aromatic carbocycles. The molecule has 0 radical (unpaired) electrons. The monoisotopic (exact) mass is 368 g/mol. The minimum absolute atomic E-state index is 0.0266. The molecule has 2 aromatic rings. The second kappa shape index (κ2) is 6.72. The lowest BCUT2D eigenvalue weighted by molar-refractivity contribution is 0.0935. The number of H-pyrrole nitrogens is 1. The summed E-state index contributed by atoms with van der Waals surface area (Å²) in [6.45, 7) is 0.586. The lowest BCUT2D eigenvalue weighted by Crippen LogP contribution is -2.27. The zero-order chi connectivity index (χ0) is 18.0. The quantitative estimate of drug-likeness (QED) is 0.736. The van der Waals surface area contributed by atoms with Crippen molar-refractivity contribution in [3.8, 4) is 5.88 Å². The van der Waals surface area contributed by atoms with Gasteiger partial charge < -0.3 is 9.84 Å². The van der Waals surface area contributed by atoms with Gasteiger partial charge in [0.1, 0.15) is 11.2 Å². The van der Waals surface area contributed by atoms with Crippen molar-refractivity contribution in [1.29, 1.82) is 0 Å². The number of ether oxygens (including phenoxy) is 1. The fourth-order valence-electron chi connectivity index (χ4n) is 2.47. The van der Waals surface area contributed by atoms with Crippen LogP contribution in [0.1, 0.15) is 12.8 Å². The molecule has 0 bridgehead atoms. The van der Waals surface area contributed by atoms with Crippen LogP contribution >= 0.6 is 0 Å². The summed E-state index contributed by atoms with van der Waals surface area (Å²) >= 11 is 0. The van der Waals surface area contributed by atoms with Gasteiger partial charge >= 0.3 is 0 Å². The summed E-state index contributed by atoms with van der Waals surface area (Å²) in [5.41, 5.74) is -0.920. The number of hydrogen-bond donors (Lipinski definition) is 2. The van der Waals surface area contributed by atoms with Gasteiger partial charge in [-0.2, -0.15) is 10.1 Å². The Kier molecular flexibility index (Phi) is 4.63. The van der Waals surface area contributed by atoms with Gasteiger partial charge in [-0.3, -0.25) is 9.36 Å². The predicted molar refractivity (Wildman–Crippen MR) is 85.0 cm³/mol. The molecule has 0 spiro atoms. The summed E-state index contributed by atoms with van der Waals surface area (Å²) in [7, 11) is -3.79. The molecule has 0 amide bonds. The van der Waals surface area contributed by atoms with Crippen LogP contribution in [0.15, 0.2) is 32.3 Å². The highest BCUT2D eigenvalue weighted by Crippen LogP contribution is 2.27. The Morgan fingerprint density at radius 3 is 2.88 bits per heavy atom. The van der Waals surface area contributed by atoms with Crippen molar-refractivity contribution in [1.82, 2.24) is 19.7 Å². The number of nitrogens with one attached hydrogen (secondary N) is 1. The molecule has 1 fully saturated rings. The highest BCUT2D eigenvalue weighted by molar-refractivity contribution is 7.90. The van der Waals surface area contributed by atoms with Crippen LogP contribution in [0.4, 0.5) is 11.6 Å². The third-order valence-electron chi connectivity index (χ3n) is 3.67. The van der Waals surface area contributed by atoms with Gasteiger partial charge in [-0.15, -0.1) is 10.2 Å². The van der Waals surface area contributed by atoms with Crippen LogP contribution in [0, 0.1) is 0 Å². The highest BCUT2D eigenvalue weighted by Gasteiger charge is 2.24. The summed E-state index contributed by atoms with van der Waals surface area (Å²) in [5.74, 6) is -0.583. The molecule has 1 aliphatic heterocycles. The van der Waals surface area contributed by atoms with Crippen LogP contribution < -0.4 is 5.56 Å². The van der Waals surface area contributed by atoms with E-state index < -0.39 is 26.2 Å². The number of hydrogen-bond acceptors (Lipinski definition) is 9. The number of nitrogens with zero attached hydrogens (tertiary/aromatic N) is 5. The molecular formula is C13H16N6O5S. The molecule has 134 valence electrons. The van der Waals surface area contributed by atoms with E-state index in [2.05, 4.69) is 25.4 Å². The van der Waals surface area contributed by atoms with Crippen molar-refractivity contribution in [2.75, 3.05) is 12.9 Å². The maximum atomic E-state index is 12.6. The Labute approximate surface area is 142 Å². The first kappa shape index (κ1) is 17.2. The van der Waals surface area contributed by atoms with Crippen LogP contribution in [0.2, 0.25) is 0 Å². The van der Waals surface area contributed by atoms with Crippen molar-refractivity contribution < 1.29 is 18.3 Å². The molecule has 1 aliphatic rings. The predicted octanol–water partition coefficient (Wildman–Crippen LogP) is 0.670. The first-order chi connectivity index (χ1) is 11.9. The van der Waals surface area contributed by atoms with Crippen molar-refractivity contribution in [2.24, 2.45) is 10.2 Å². The molecule has 1 atom stereocenters. The van der Waals surface area contributed by atoms with E-state index in [9.17, 15) is 18.3 Å². The zero-order valence-corrected chi connectivity index (χ0v) is 14.1. The van der Waals surface area contributed by atoms with Gasteiger partial charge in [0.2, 0.25) is 5.88 Å². The fraction of sp³-hybridized carbons (Fsp3) is 0.462. The number of azo groups is 1. The summed E-state index contributed by atoms with van der Waals surface area (Å²) in [4.78, 5) is 15.9. The van der Waals surface area contributed by atoms with Gasteiger partial charge in [0.25, 0.3) is 11.5 Å². The van der Waals surface area contributed by atoms with Gasteiger partial charge in [0.15, 0.2) is 15.5 Å².